The minimum atomic E-state index is -0.0669. The molecular weight excluding hydrogens is 328 g/mol. The Labute approximate surface area is 152 Å². The summed E-state index contributed by atoms with van der Waals surface area (Å²) in [5.74, 6) is -0.0669. The van der Waals surface area contributed by atoms with Gasteiger partial charge in [0.1, 0.15) is 0 Å². The van der Waals surface area contributed by atoms with E-state index in [4.69, 9.17) is 0 Å². The number of hydrogen-bond donors (Lipinski definition) is 1. The fourth-order valence-corrected chi connectivity index (χ4v) is 3.49. The van der Waals surface area contributed by atoms with E-state index in [2.05, 4.69) is 34.5 Å². The van der Waals surface area contributed by atoms with Crippen molar-refractivity contribution < 1.29 is 4.79 Å². The second-order valence-corrected chi connectivity index (χ2v) is 6.77. The van der Waals surface area contributed by atoms with Gasteiger partial charge in [-0.25, -0.2) is 4.68 Å². The Balaban J connectivity index is 1.73. The number of aromatic nitrogens is 4. The molecule has 1 N–H and O–H groups in total. The van der Waals surface area contributed by atoms with Gasteiger partial charge >= 0.3 is 0 Å². The number of piperazine rings is 1. The van der Waals surface area contributed by atoms with Gasteiger partial charge in [0, 0.05) is 36.8 Å². The Kier molecular flexibility index (Phi) is 4.16. The molecule has 1 amide bonds. The van der Waals surface area contributed by atoms with Crippen molar-refractivity contribution in [3.63, 3.8) is 0 Å². The van der Waals surface area contributed by atoms with E-state index in [0.717, 1.165) is 28.8 Å². The van der Waals surface area contributed by atoms with Crippen molar-refractivity contribution in [2.75, 3.05) is 13.1 Å². The number of rotatable bonds is 2. The largest absolute Gasteiger partial charge is 0.332 e. The van der Waals surface area contributed by atoms with Gasteiger partial charge in [-0.05, 0) is 32.9 Å². The molecular formula is C19H22N6O. The van der Waals surface area contributed by atoms with Gasteiger partial charge in [0.05, 0.1) is 16.9 Å². The molecule has 0 radical (unpaired) electrons. The number of para-hydroxylation sites is 1. The SMILES string of the molecule is Cc1c(C(=O)N2CCNC(C)C2C)nnn1-c1cccc2cccnc12. The molecule has 1 aromatic carbocycles. The molecule has 0 spiro atoms. The standard InChI is InChI=1S/C19H22N6O/c1-12-13(2)24(11-10-20-12)19(26)17-14(3)25(23-22-17)16-8-4-6-15-7-5-9-21-18(15)16/h4-9,12-13,20H,10-11H2,1-3H3. The molecule has 0 saturated carbocycles. The fourth-order valence-electron chi connectivity index (χ4n) is 3.49. The topological polar surface area (TPSA) is 75.9 Å². The number of benzene rings is 1. The smallest absolute Gasteiger partial charge is 0.276 e. The van der Waals surface area contributed by atoms with Gasteiger partial charge in [-0.15, -0.1) is 5.10 Å². The van der Waals surface area contributed by atoms with Crippen LogP contribution in [0.25, 0.3) is 16.6 Å². The van der Waals surface area contributed by atoms with Crippen molar-refractivity contribution in [2.24, 2.45) is 0 Å². The lowest BCUT2D eigenvalue weighted by molar-refractivity contribution is 0.0596. The maximum absolute atomic E-state index is 13.1. The average molecular weight is 350 g/mol. The van der Waals surface area contributed by atoms with Gasteiger partial charge in [0.25, 0.3) is 5.91 Å². The predicted molar refractivity (Wildman–Crippen MR) is 99.4 cm³/mol. The number of nitrogens with one attached hydrogen (secondary N) is 1. The third-order valence-electron chi connectivity index (χ3n) is 5.23. The monoisotopic (exact) mass is 350 g/mol. The second kappa shape index (κ2) is 6.49. The molecule has 1 aliphatic heterocycles. The zero-order chi connectivity index (χ0) is 18.3. The Morgan fingerprint density at radius 2 is 2.04 bits per heavy atom. The van der Waals surface area contributed by atoms with E-state index in [9.17, 15) is 4.79 Å². The molecule has 0 bridgehead atoms. The lowest BCUT2D eigenvalue weighted by Crippen LogP contribution is -2.57. The number of nitrogens with zero attached hydrogens (tertiary/aromatic N) is 5. The first-order chi connectivity index (χ1) is 12.6. The molecule has 2 unspecified atom stereocenters. The van der Waals surface area contributed by atoms with Gasteiger partial charge in [-0.1, -0.05) is 23.4 Å². The van der Waals surface area contributed by atoms with Crippen molar-refractivity contribution in [3.05, 3.63) is 47.9 Å². The highest BCUT2D eigenvalue weighted by atomic mass is 16.2. The predicted octanol–water partition coefficient (Wildman–Crippen LogP) is 1.95. The maximum atomic E-state index is 13.1. The van der Waals surface area contributed by atoms with E-state index in [1.54, 1.807) is 10.9 Å². The van der Waals surface area contributed by atoms with Gasteiger partial charge in [-0.3, -0.25) is 9.78 Å². The third-order valence-corrected chi connectivity index (χ3v) is 5.23. The highest BCUT2D eigenvalue weighted by Crippen LogP contribution is 2.22. The molecule has 26 heavy (non-hydrogen) atoms. The second-order valence-electron chi connectivity index (χ2n) is 6.77. The van der Waals surface area contributed by atoms with Crippen LogP contribution < -0.4 is 5.32 Å². The molecule has 0 aliphatic carbocycles. The molecule has 134 valence electrons. The van der Waals surface area contributed by atoms with Crippen LogP contribution in [0.15, 0.2) is 36.5 Å². The molecule has 1 fully saturated rings. The highest BCUT2D eigenvalue weighted by molar-refractivity contribution is 5.94. The molecule has 1 aliphatic rings. The van der Waals surface area contributed by atoms with E-state index >= 15 is 0 Å². The average Bonchev–Trinajstić information content (AvgIpc) is 3.04. The molecule has 2 atom stereocenters. The number of carbonyl (C=O) groups is 1. The number of amides is 1. The van der Waals surface area contributed by atoms with Crippen molar-refractivity contribution in [3.8, 4) is 5.69 Å². The number of pyridine rings is 1. The fraction of sp³-hybridized carbons (Fsp3) is 0.368. The zero-order valence-electron chi connectivity index (χ0n) is 15.2. The molecule has 3 aromatic rings. The summed E-state index contributed by atoms with van der Waals surface area (Å²) >= 11 is 0. The van der Waals surface area contributed by atoms with Gasteiger partial charge in [0.2, 0.25) is 0 Å². The van der Waals surface area contributed by atoms with Gasteiger partial charge in [0.15, 0.2) is 5.69 Å². The Bertz CT molecular complexity index is 960. The molecule has 3 heterocycles. The molecule has 4 rings (SSSR count). The van der Waals surface area contributed by atoms with E-state index in [-0.39, 0.29) is 18.0 Å². The van der Waals surface area contributed by atoms with Gasteiger partial charge in [-0.2, -0.15) is 0 Å². The molecule has 7 heteroatoms. The van der Waals surface area contributed by atoms with Gasteiger partial charge < -0.3 is 10.2 Å². The van der Waals surface area contributed by atoms with E-state index in [1.165, 1.54) is 0 Å². The van der Waals surface area contributed by atoms with E-state index in [0.29, 0.717) is 12.2 Å². The zero-order valence-corrected chi connectivity index (χ0v) is 15.2. The first-order valence-electron chi connectivity index (χ1n) is 8.88. The minimum absolute atomic E-state index is 0.0669. The van der Waals surface area contributed by atoms with Crippen LogP contribution in [0.1, 0.15) is 30.0 Å². The summed E-state index contributed by atoms with van der Waals surface area (Å²) in [4.78, 5) is 19.4. The van der Waals surface area contributed by atoms with Crippen LogP contribution in [0.2, 0.25) is 0 Å². The Hall–Kier alpha value is -2.80. The summed E-state index contributed by atoms with van der Waals surface area (Å²) in [7, 11) is 0. The van der Waals surface area contributed by atoms with Crippen LogP contribution in [0.5, 0.6) is 0 Å². The Morgan fingerprint density at radius 1 is 1.23 bits per heavy atom. The van der Waals surface area contributed by atoms with E-state index in [1.807, 2.05) is 42.2 Å². The van der Waals surface area contributed by atoms with Crippen molar-refractivity contribution in [1.29, 1.82) is 0 Å². The lowest BCUT2D eigenvalue weighted by Gasteiger charge is -2.38. The van der Waals surface area contributed by atoms with Crippen molar-refractivity contribution in [2.45, 2.75) is 32.9 Å². The summed E-state index contributed by atoms with van der Waals surface area (Å²) < 4.78 is 1.71. The van der Waals surface area contributed by atoms with Crippen LogP contribution in [0, 0.1) is 6.92 Å². The normalized spacial score (nSPS) is 20.5. The first kappa shape index (κ1) is 16.7. The minimum Gasteiger partial charge on any atom is -0.332 e. The third kappa shape index (κ3) is 2.64. The van der Waals surface area contributed by atoms with Crippen molar-refractivity contribution in [1.82, 2.24) is 30.2 Å². The van der Waals surface area contributed by atoms with Crippen LogP contribution in [-0.2, 0) is 0 Å². The summed E-state index contributed by atoms with van der Waals surface area (Å²) in [5, 5.41) is 12.9. The summed E-state index contributed by atoms with van der Waals surface area (Å²) in [5.41, 5.74) is 2.80. The van der Waals surface area contributed by atoms with Crippen molar-refractivity contribution >= 4 is 16.8 Å². The van der Waals surface area contributed by atoms with Crippen LogP contribution in [-0.4, -0.2) is 56.0 Å². The molecule has 2 aromatic heterocycles. The summed E-state index contributed by atoms with van der Waals surface area (Å²) in [6, 6.07) is 10.2. The highest BCUT2D eigenvalue weighted by Gasteiger charge is 2.31. The quantitative estimate of drug-likeness (QED) is 0.764. The molecule has 7 nitrogen and oxygen atoms in total. The number of hydrogen-bond acceptors (Lipinski definition) is 5. The van der Waals surface area contributed by atoms with Crippen LogP contribution in [0.4, 0.5) is 0 Å². The van der Waals surface area contributed by atoms with Crippen LogP contribution >= 0.6 is 0 Å². The maximum Gasteiger partial charge on any atom is 0.276 e. The molecule has 1 saturated heterocycles. The van der Waals surface area contributed by atoms with E-state index < -0.39 is 0 Å². The first-order valence-corrected chi connectivity index (χ1v) is 8.88. The lowest BCUT2D eigenvalue weighted by atomic mass is 10.1. The number of fused-ring (bicyclic) bond motifs is 1. The Morgan fingerprint density at radius 3 is 2.88 bits per heavy atom. The summed E-state index contributed by atoms with van der Waals surface area (Å²) in [6.45, 7) is 7.49. The van der Waals surface area contributed by atoms with Crippen LogP contribution in [0.3, 0.4) is 0 Å². The summed E-state index contributed by atoms with van der Waals surface area (Å²) in [6.07, 6.45) is 1.76. The number of carbonyl (C=O) groups excluding carboxylic acids is 1.